The van der Waals surface area contributed by atoms with Crippen LogP contribution < -0.4 is 10.0 Å². The Morgan fingerprint density at radius 3 is 2.76 bits per heavy atom. The largest absolute Gasteiger partial charge is 0.618 e. The molecule has 0 aliphatic rings. The average molecular weight is 280 g/mol. The smallest absolute Gasteiger partial charge is 0.321 e. The second-order valence-corrected chi connectivity index (χ2v) is 4.40. The molecule has 0 bridgehead atoms. The van der Waals surface area contributed by atoms with Crippen LogP contribution in [0.5, 0.6) is 0 Å². The summed E-state index contributed by atoms with van der Waals surface area (Å²) in [5.74, 6) is -0.457. The van der Waals surface area contributed by atoms with E-state index in [-0.39, 0.29) is 5.69 Å². The number of para-hydroxylation sites is 1. The maximum absolute atomic E-state index is 12.2. The first-order valence-corrected chi connectivity index (χ1v) is 6.33. The molecule has 6 nitrogen and oxygen atoms in total. The van der Waals surface area contributed by atoms with Gasteiger partial charge in [-0.05, 0) is 12.1 Å². The number of nitrogens with one attached hydrogen (secondary N) is 2. The van der Waals surface area contributed by atoms with Crippen molar-refractivity contribution in [2.24, 2.45) is 0 Å². The van der Waals surface area contributed by atoms with E-state index in [1.165, 1.54) is 12.3 Å². The number of benzene rings is 1. The Labute approximate surface area is 120 Å². The lowest BCUT2D eigenvalue weighted by Gasteiger charge is -2.09. The van der Waals surface area contributed by atoms with Gasteiger partial charge in [-0.25, -0.2) is 0 Å². The average Bonchev–Trinajstić information content (AvgIpc) is 3.02. The molecule has 3 aromatic rings. The zero-order valence-corrected chi connectivity index (χ0v) is 11.0. The maximum Gasteiger partial charge on any atom is 0.321 e. The monoisotopic (exact) mass is 280 g/mol. The molecule has 2 N–H and O–H groups in total. The van der Waals surface area contributed by atoms with Crippen LogP contribution in [0.1, 0.15) is 10.5 Å². The quantitative estimate of drug-likeness (QED) is 0.568. The highest BCUT2D eigenvalue weighted by molar-refractivity contribution is 6.04. The second kappa shape index (κ2) is 5.46. The minimum Gasteiger partial charge on any atom is -0.618 e. The molecular weight excluding hydrogens is 268 g/mol. The summed E-state index contributed by atoms with van der Waals surface area (Å²) in [6, 6.07) is 12.0. The number of aromatic amines is 1. The second-order valence-electron chi connectivity index (χ2n) is 4.40. The van der Waals surface area contributed by atoms with Gasteiger partial charge in [-0.3, -0.25) is 9.89 Å². The van der Waals surface area contributed by atoms with Gasteiger partial charge in [0.1, 0.15) is 0 Å². The predicted molar refractivity (Wildman–Crippen MR) is 77.4 cm³/mol. The van der Waals surface area contributed by atoms with Crippen molar-refractivity contribution in [2.45, 2.75) is 0 Å². The van der Waals surface area contributed by atoms with E-state index in [0.29, 0.717) is 10.4 Å². The van der Waals surface area contributed by atoms with Crippen molar-refractivity contribution in [1.82, 2.24) is 10.2 Å². The van der Waals surface area contributed by atoms with E-state index < -0.39 is 5.91 Å². The third-order valence-electron chi connectivity index (χ3n) is 3.04. The molecule has 0 spiro atoms. The molecule has 2 aromatic heterocycles. The fraction of sp³-hybridized carbons (Fsp3) is 0. The van der Waals surface area contributed by atoms with Gasteiger partial charge in [-0.2, -0.15) is 9.83 Å². The van der Waals surface area contributed by atoms with Gasteiger partial charge >= 0.3 is 5.91 Å². The molecule has 0 aliphatic carbocycles. The summed E-state index contributed by atoms with van der Waals surface area (Å²) in [5, 5.41) is 21.0. The van der Waals surface area contributed by atoms with E-state index >= 15 is 0 Å². The Kier molecular flexibility index (Phi) is 3.34. The summed E-state index contributed by atoms with van der Waals surface area (Å²) in [6.45, 7) is 0. The summed E-state index contributed by atoms with van der Waals surface area (Å²) in [7, 11) is 0. The zero-order valence-electron chi connectivity index (χ0n) is 11.0. The van der Waals surface area contributed by atoms with Crippen molar-refractivity contribution < 1.29 is 9.52 Å². The topological polar surface area (TPSA) is 84.7 Å². The van der Waals surface area contributed by atoms with Gasteiger partial charge < -0.3 is 10.5 Å². The van der Waals surface area contributed by atoms with Gasteiger partial charge in [0.15, 0.2) is 6.20 Å². The number of carbonyl (C=O) groups is 1. The molecule has 104 valence electrons. The first kappa shape index (κ1) is 12.9. The number of nitrogens with zero attached hydrogens (tertiary/aromatic N) is 2. The fourth-order valence-corrected chi connectivity index (χ4v) is 2.03. The molecule has 0 fully saturated rings. The van der Waals surface area contributed by atoms with Crippen molar-refractivity contribution in [2.75, 3.05) is 5.32 Å². The van der Waals surface area contributed by atoms with Crippen molar-refractivity contribution in [3.05, 3.63) is 72.0 Å². The Hall–Kier alpha value is -3.15. The number of amides is 1. The Balaban J connectivity index is 1.93. The molecule has 0 saturated carbocycles. The number of H-pyrrole nitrogens is 1. The number of pyridine rings is 1. The van der Waals surface area contributed by atoms with Crippen LogP contribution in [0.25, 0.3) is 11.1 Å². The third kappa shape index (κ3) is 2.59. The van der Waals surface area contributed by atoms with Crippen LogP contribution >= 0.6 is 0 Å². The normalized spacial score (nSPS) is 10.3. The van der Waals surface area contributed by atoms with Gasteiger partial charge in [0, 0.05) is 35.1 Å². The SMILES string of the molecule is O=C(Nc1ccccc1-c1cn[nH]c1)c1cccc[n+]1[O-]. The predicted octanol–water partition coefficient (Wildman–Crippen LogP) is 1.96. The van der Waals surface area contributed by atoms with Crippen LogP contribution in [0.2, 0.25) is 0 Å². The molecular formula is C15H12N4O2. The number of carbonyl (C=O) groups excluding carboxylic acids is 1. The highest BCUT2D eigenvalue weighted by Crippen LogP contribution is 2.26. The molecule has 3 rings (SSSR count). The van der Waals surface area contributed by atoms with Crippen LogP contribution in [-0.4, -0.2) is 16.1 Å². The highest BCUT2D eigenvalue weighted by Gasteiger charge is 2.16. The number of hydrogen-bond donors (Lipinski definition) is 2. The van der Waals surface area contributed by atoms with Gasteiger partial charge in [-0.1, -0.05) is 18.2 Å². The Morgan fingerprint density at radius 1 is 1.19 bits per heavy atom. The summed E-state index contributed by atoms with van der Waals surface area (Å²) in [5.41, 5.74) is 2.34. The van der Waals surface area contributed by atoms with E-state index in [0.717, 1.165) is 11.1 Å². The van der Waals surface area contributed by atoms with Crippen LogP contribution in [0, 0.1) is 5.21 Å². The molecule has 0 radical (unpaired) electrons. The highest BCUT2D eigenvalue weighted by atomic mass is 16.5. The van der Waals surface area contributed by atoms with Crippen molar-refractivity contribution in [3.63, 3.8) is 0 Å². The van der Waals surface area contributed by atoms with E-state index in [1.807, 2.05) is 18.2 Å². The number of anilines is 1. The lowest BCUT2D eigenvalue weighted by molar-refractivity contribution is -0.607. The van der Waals surface area contributed by atoms with Crippen molar-refractivity contribution in [1.29, 1.82) is 0 Å². The number of aromatic nitrogens is 3. The lowest BCUT2D eigenvalue weighted by Crippen LogP contribution is -2.36. The molecule has 0 saturated heterocycles. The minimum atomic E-state index is -0.457. The standard InChI is InChI=1S/C15H12N4O2/c20-15(14-7-3-4-8-19(14)21)18-13-6-2-1-5-12(13)11-9-16-17-10-11/h1-10H,(H,16,17)(H,18,20). The zero-order chi connectivity index (χ0) is 14.7. The maximum atomic E-state index is 12.2. The van der Waals surface area contributed by atoms with Crippen molar-refractivity contribution >= 4 is 11.6 Å². The van der Waals surface area contributed by atoms with E-state index in [1.54, 1.807) is 30.6 Å². The molecule has 2 heterocycles. The first-order valence-electron chi connectivity index (χ1n) is 6.33. The van der Waals surface area contributed by atoms with Crippen LogP contribution in [0.3, 0.4) is 0 Å². The molecule has 0 aliphatic heterocycles. The van der Waals surface area contributed by atoms with E-state index in [9.17, 15) is 10.0 Å². The summed E-state index contributed by atoms with van der Waals surface area (Å²) in [6.07, 6.45) is 4.69. The lowest BCUT2D eigenvalue weighted by atomic mass is 10.1. The van der Waals surface area contributed by atoms with E-state index in [2.05, 4.69) is 15.5 Å². The van der Waals surface area contributed by atoms with Gasteiger partial charge in [-0.15, -0.1) is 0 Å². The van der Waals surface area contributed by atoms with Crippen molar-refractivity contribution in [3.8, 4) is 11.1 Å². The van der Waals surface area contributed by atoms with Gasteiger partial charge in [0.2, 0.25) is 0 Å². The van der Waals surface area contributed by atoms with Crippen LogP contribution in [0.15, 0.2) is 61.1 Å². The van der Waals surface area contributed by atoms with Crippen LogP contribution in [0.4, 0.5) is 5.69 Å². The Bertz CT molecular complexity index is 769. The van der Waals surface area contributed by atoms with Crippen LogP contribution in [-0.2, 0) is 0 Å². The molecule has 1 aromatic carbocycles. The number of rotatable bonds is 3. The first-order chi connectivity index (χ1) is 10.3. The van der Waals surface area contributed by atoms with E-state index in [4.69, 9.17) is 0 Å². The summed E-state index contributed by atoms with van der Waals surface area (Å²) < 4.78 is 0.537. The van der Waals surface area contributed by atoms with Gasteiger partial charge in [0.25, 0.3) is 5.69 Å². The molecule has 0 atom stereocenters. The molecule has 6 heteroatoms. The Morgan fingerprint density at radius 2 is 2.00 bits per heavy atom. The van der Waals surface area contributed by atoms with Gasteiger partial charge in [0.05, 0.1) is 6.20 Å². The fourth-order valence-electron chi connectivity index (χ4n) is 2.03. The molecule has 21 heavy (non-hydrogen) atoms. The number of hydrogen-bond acceptors (Lipinski definition) is 3. The molecule has 1 amide bonds. The third-order valence-corrected chi connectivity index (χ3v) is 3.04. The minimum absolute atomic E-state index is 0.0412. The summed E-state index contributed by atoms with van der Waals surface area (Å²) in [4.78, 5) is 12.2. The summed E-state index contributed by atoms with van der Waals surface area (Å²) >= 11 is 0. The molecule has 0 unspecified atom stereocenters.